The van der Waals surface area contributed by atoms with Crippen molar-refractivity contribution in [3.05, 3.63) is 16.9 Å². The van der Waals surface area contributed by atoms with Crippen LogP contribution in [0.5, 0.6) is 6.01 Å². The third-order valence-corrected chi connectivity index (χ3v) is 2.86. The Balaban J connectivity index is 2.11. The number of hydrogen-bond donors (Lipinski definition) is 1. The molecular formula is C10H13ClN2O2. The molecule has 0 aromatic carbocycles. The van der Waals surface area contributed by atoms with Gasteiger partial charge in [-0.1, -0.05) is 11.6 Å². The van der Waals surface area contributed by atoms with Crippen LogP contribution in [0.4, 0.5) is 0 Å². The lowest BCUT2D eigenvalue weighted by Crippen LogP contribution is -2.14. The SMILES string of the molecule is COc1ncc(Cl)c(CC(O)C2CC2)n1. The van der Waals surface area contributed by atoms with Crippen LogP contribution in [-0.2, 0) is 6.42 Å². The fourth-order valence-corrected chi connectivity index (χ4v) is 1.64. The van der Waals surface area contributed by atoms with Crippen LogP contribution in [0, 0.1) is 5.92 Å². The maximum Gasteiger partial charge on any atom is 0.316 e. The second-order valence-corrected chi connectivity index (χ2v) is 4.17. The standard InChI is InChI=1S/C10H13ClN2O2/c1-15-10-12-5-7(11)8(13-10)4-9(14)6-2-3-6/h5-6,9,14H,2-4H2,1H3. The van der Waals surface area contributed by atoms with E-state index in [0.717, 1.165) is 12.8 Å². The summed E-state index contributed by atoms with van der Waals surface area (Å²) in [5, 5.41) is 10.3. The summed E-state index contributed by atoms with van der Waals surface area (Å²) in [6.07, 6.45) is 3.83. The summed E-state index contributed by atoms with van der Waals surface area (Å²) in [5.41, 5.74) is 0.655. The zero-order valence-electron chi connectivity index (χ0n) is 8.48. The Morgan fingerprint density at radius 2 is 2.40 bits per heavy atom. The minimum atomic E-state index is -0.345. The zero-order valence-corrected chi connectivity index (χ0v) is 9.24. The maximum absolute atomic E-state index is 9.77. The van der Waals surface area contributed by atoms with Gasteiger partial charge in [0.25, 0.3) is 0 Å². The number of methoxy groups -OCH3 is 1. The van der Waals surface area contributed by atoms with E-state index >= 15 is 0 Å². The van der Waals surface area contributed by atoms with Gasteiger partial charge in [-0.3, -0.25) is 0 Å². The molecule has 1 saturated carbocycles. The van der Waals surface area contributed by atoms with Gasteiger partial charge in [-0.05, 0) is 18.8 Å². The Kier molecular flexibility index (Phi) is 3.07. The lowest BCUT2D eigenvalue weighted by molar-refractivity contribution is 0.150. The summed E-state index contributed by atoms with van der Waals surface area (Å²) < 4.78 is 4.91. The summed E-state index contributed by atoms with van der Waals surface area (Å²) in [6.45, 7) is 0. The number of aliphatic hydroxyl groups is 1. The molecule has 0 amide bonds. The molecule has 82 valence electrons. The van der Waals surface area contributed by atoms with Gasteiger partial charge in [0.1, 0.15) is 0 Å². The highest BCUT2D eigenvalue weighted by atomic mass is 35.5. The van der Waals surface area contributed by atoms with Crippen LogP contribution in [0.3, 0.4) is 0 Å². The van der Waals surface area contributed by atoms with Gasteiger partial charge < -0.3 is 9.84 Å². The largest absolute Gasteiger partial charge is 0.467 e. The van der Waals surface area contributed by atoms with Gasteiger partial charge in [-0.2, -0.15) is 4.98 Å². The molecule has 1 aromatic heterocycles. The summed E-state index contributed by atoms with van der Waals surface area (Å²) in [7, 11) is 1.50. The molecule has 0 radical (unpaired) electrons. The minimum absolute atomic E-state index is 0.289. The minimum Gasteiger partial charge on any atom is -0.467 e. The van der Waals surface area contributed by atoms with Crippen LogP contribution in [0.15, 0.2) is 6.20 Å². The molecule has 2 rings (SSSR count). The van der Waals surface area contributed by atoms with Crippen molar-refractivity contribution in [3.8, 4) is 6.01 Å². The smallest absolute Gasteiger partial charge is 0.316 e. The van der Waals surface area contributed by atoms with Crippen LogP contribution >= 0.6 is 11.6 Å². The van der Waals surface area contributed by atoms with Gasteiger partial charge in [0.2, 0.25) is 0 Å². The second-order valence-electron chi connectivity index (χ2n) is 3.76. The normalized spacial score (nSPS) is 17.5. The molecule has 0 spiro atoms. The predicted molar refractivity (Wildman–Crippen MR) is 56.0 cm³/mol. The molecule has 0 aliphatic heterocycles. The molecule has 4 nitrogen and oxygen atoms in total. The number of aromatic nitrogens is 2. The maximum atomic E-state index is 9.77. The monoisotopic (exact) mass is 228 g/mol. The summed E-state index contributed by atoms with van der Waals surface area (Å²) >= 11 is 5.93. The van der Waals surface area contributed by atoms with E-state index in [4.69, 9.17) is 16.3 Å². The molecule has 1 fully saturated rings. The van der Waals surface area contributed by atoms with E-state index in [1.165, 1.54) is 13.3 Å². The Bertz CT molecular complexity index is 355. The van der Waals surface area contributed by atoms with Crippen molar-refractivity contribution in [1.82, 2.24) is 9.97 Å². The quantitative estimate of drug-likeness (QED) is 0.848. The Morgan fingerprint density at radius 1 is 1.67 bits per heavy atom. The average molecular weight is 229 g/mol. The molecule has 0 saturated heterocycles. The number of nitrogens with zero attached hydrogens (tertiary/aromatic N) is 2. The van der Waals surface area contributed by atoms with E-state index in [1.54, 1.807) is 0 Å². The molecule has 1 N–H and O–H groups in total. The van der Waals surface area contributed by atoms with E-state index in [-0.39, 0.29) is 12.1 Å². The van der Waals surface area contributed by atoms with E-state index in [1.807, 2.05) is 0 Å². The molecule has 0 bridgehead atoms. The van der Waals surface area contributed by atoms with Gasteiger partial charge in [0.05, 0.1) is 30.1 Å². The van der Waals surface area contributed by atoms with Crippen molar-refractivity contribution in [2.75, 3.05) is 7.11 Å². The van der Waals surface area contributed by atoms with Gasteiger partial charge in [0, 0.05) is 6.42 Å². The van der Waals surface area contributed by atoms with Gasteiger partial charge in [0.15, 0.2) is 0 Å². The van der Waals surface area contributed by atoms with Crippen LogP contribution in [0.1, 0.15) is 18.5 Å². The van der Waals surface area contributed by atoms with Crippen LogP contribution in [0.2, 0.25) is 5.02 Å². The lowest BCUT2D eigenvalue weighted by Gasteiger charge is -2.09. The fourth-order valence-electron chi connectivity index (χ4n) is 1.47. The first-order valence-corrected chi connectivity index (χ1v) is 5.32. The van der Waals surface area contributed by atoms with Gasteiger partial charge >= 0.3 is 6.01 Å². The summed E-state index contributed by atoms with van der Waals surface area (Å²) in [6, 6.07) is 0.289. The number of ether oxygens (including phenoxy) is 1. The van der Waals surface area contributed by atoms with E-state index in [9.17, 15) is 5.11 Å². The molecule has 1 aliphatic rings. The predicted octanol–water partition coefficient (Wildman–Crippen LogP) is 1.45. The summed E-state index contributed by atoms with van der Waals surface area (Å²) in [5.74, 6) is 0.419. The number of hydrogen-bond acceptors (Lipinski definition) is 4. The van der Waals surface area contributed by atoms with Crippen molar-refractivity contribution in [1.29, 1.82) is 0 Å². The van der Waals surface area contributed by atoms with Crippen molar-refractivity contribution >= 4 is 11.6 Å². The van der Waals surface area contributed by atoms with E-state index in [2.05, 4.69) is 9.97 Å². The van der Waals surface area contributed by atoms with Crippen molar-refractivity contribution in [2.45, 2.75) is 25.4 Å². The molecular weight excluding hydrogens is 216 g/mol. The van der Waals surface area contributed by atoms with Crippen molar-refractivity contribution in [3.63, 3.8) is 0 Å². The van der Waals surface area contributed by atoms with Crippen molar-refractivity contribution < 1.29 is 9.84 Å². The zero-order chi connectivity index (χ0) is 10.8. The molecule has 1 atom stereocenters. The van der Waals surface area contributed by atoms with Crippen LogP contribution in [0.25, 0.3) is 0 Å². The first-order chi connectivity index (χ1) is 7.20. The first kappa shape index (κ1) is 10.6. The topological polar surface area (TPSA) is 55.2 Å². The molecule has 1 aromatic rings. The molecule has 1 unspecified atom stereocenters. The Hall–Kier alpha value is -0.870. The molecule has 1 heterocycles. The number of aliphatic hydroxyl groups excluding tert-OH is 1. The average Bonchev–Trinajstić information content (AvgIpc) is 3.04. The third-order valence-electron chi connectivity index (χ3n) is 2.55. The van der Waals surface area contributed by atoms with Crippen LogP contribution < -0.4 is 4.74 Å². The highest BCUT2D eigenvalue weighted by molar-refractivity contribution is 6.31. The van der Waals surface area contributed by atoms with Gasteiger partial charge in [-0.15, -0.1) is 0 Å². The molecule has 5 heteroatoms. The van der Waals surface area contributed by atoms with Crippen LogP contribution in [-0.4, -0.2) is 28.3 Å². The second kappa shape index (κ2) is 4.33. The molecule has 15 heavy (non-hydrogen) atoms. The van der Waals surface area contributed by atoms with E-state index in [0.29, 0.717) is 23.1 Å². The summed E-state index contributed by atoms with van der Waals surface area (Å²) in [4.78, 5) is 7.99. The lowest BCUT2D eigenvalue weighted by atomic mass is 10.1. The third kappa shape index (κ3) is 2.58. The highest BCUT2D eigenvalue weighted by Crippen LogP contribution is 2.34. The Labute approximate surface area is 93.3 Å². The van der Waals surface area contributed by atoms with Crippen molar-refractivity contribution in [2.24, 2.45) is 5.92 Å². The Morgan fingerprint density at radius 3 is 3.00 bits per heavy atom. The highest BCUT2D eigenvalue weighted by Gasteiger charge is 2.30. The number of halogens is 1. The van der Waals surface area contributed by atoms with Gasteiger partial charge in [-0.25, -0.2) is 4.98 Å². The first-order valence-electron chi connectivity index (χ1n) is 4.94. The van der Waals surface area contributed by atoms with E-state index < -0.39 is 0 Å². The molecule has 1 aliphatic carbocycles. The fraction of sp³-hybridized carbons (Fsp3) is 0.600. The number of rotatable bonds is 4.